The van der Waals surface area contributed by atoms with Crippen molar-refractivity contribution in [2.75, 3.05) is 12.3 Å². The number of pyridine rings is 1. The molecular formula is C17H19N3O2. The van der Waals surface area contributed by atoms with Gasteiger partial charge < -0.3 is 15.8 Å². The fourth-order valence-corrected chi connectivity index (χ4v) is 1.81. The smallest absolute Gasteiger partial charge is 0.251 e. The molecule has 0 atom stereocenters. The highest BCUT2D eigenvalue weighted by molar-refractivity contribution is 5.95. The van der Waals surface area contributed by atoms with E-state index in [2.05, 4.69) is 16.9 Å². The zero-order valence-corrected chi connectivity index (χ0v) is 12.5. The number of rotatable bonds is 6. The second-order valence-corrected chi connectivity index (χ2v) is 5.04. The molecule has 2 rings (SSSR count). The number of ether oxygens (including phenoxy) is 1. The van der Waals surface area contributed by atoms with Gasteiger partial charge in [0.1, 0.15) is 12.4 Å². The number of nitrogens with zero attached hydrogens (tertiary/aromatic N) is 1. The molecule has 0 aliphatic carbocycles. The van der Waals surface area contributed by atoms with E-state index in [1.807, 2.05) is 19.1 Å². The summed E-state index contributed by atoms with van der Waals surface area (Å²) >= 11 is 0. The molecule has 0 spiro atoms. The molecule has 1 aromatic carbocycles. The summed E-state index contributed by atoms with van der Waals surface area (Å²) in [7, 11) is 0. The van der Waals surface area contributed by atoms with E-state index in [-0.39, 0.29) is 5.91 Å². The fraction of sp³-hybridized carbons (Fsp3) is 0.176. The third-order valence-electron chi connectivity index (χ3n) is 2.95. The number of amides is 1. The number of nitrogen functional groups attached to an aromatic ring is 1. The van der Waals surface area contributed by atoms with Gasteiger partial charge in [-0.15, -0.1) is 0 Å². The van der Waals surface area contributed by atoms with Crippen LogP contribution in [-0.2, 0) is 6.54 Å². The van der Waals surface area contributed by atoms with Crippen LogP contribution >= 0.6 is 0 Å². The van der Waals surface area contributed by atoms with Crippen molar-refractivity contribution < 1.29 is 9.53 Å². The van der Waals surface area contributed by atoms with Gasteiger partial charge in [-0.1, -0.05) is 6.58 Å². The monoisotopic (exact) mass is 297 g/mol. The van der Waals surface area contributed by atoms with E-state index < -0.39 is 0 Å². The highest BCUT2D eigenvalue weighted by atomic mass is 16.5. The summed E-state index contributed by atoms with van der Waals surface area (Å²) in [5, 5.41) is 2.83. The highest BCUT2D eigenvalue weighted by Gasteiger charge is 2.09. The Balaban J connectivity index is 1.98. The van der Waals surface area contributed by atoms with E-state index in [4.69, 9.17) is 10.5 Å². The predicted octanol–water partition coefficient (Wildman–Crippen LogP) is 2.55. The number of hydrogen-bond donors (Lipinski definition) is 2. The Morgan fingerprint density at radius 2 is 2.05 bits per heavy atom. The van der Waals surface area contributed by atoms with E-state index in [0.717, 1.165) is 11.1 Å². The summed E-state index contributed by atoms with van der Waals surface area (Å²) in [4.78, 5) is 16.0. The average Bonchev–Trinajstić information content (AvgIpc) is 2.52. The second kappa shape index (κ2) is 7.26. The normalized spacial score (nSPS) is 10.0. The van der Waals surface area contributed by atoms with Crippen LogP contribution in [0.3, 0.4) is 0 Å². The van der Waals surface area contributed by atoms with Crippen LogP contribution in [0.2, 0.25) is 0 Å². The molecule has 0 unspecified atom stereocenters. The van der Waals surface area contributed by atoms with Gasteiger partial charge in [-0.3, -0.25) is 9.78 Å². The number of nitrogens with two attached hydrogens (primary N) is 1. The summed E-state index contributed by atoms with van der Waals surface area (Å²) in [6, 6.07) is 8.69. The van der Waals surface area contributed by atoms with Crippen molar-refractivity contribution in [3.05, 3.63) is 66.0 Å². The van der Waals surface area contributed by atoms with Crippen LogP contribution in [0.15, 0.2) is 54.9 Å². The van der Waals surface area contributed by atoms with Crippen LogP contribution in [0.4, 0.5) is 5.69 Å². The first-order valence-corrected chi connectivity index (χ1v) is 6.90. The zero-order chi connectivity index (χ0) is 15.9. The van der Waals surface area contributed by atoms with Gasteiger partial charge in [0.05, 0.1) is 5.69 Å². The molecule has 1 aromatic heterocycles. The molecule has 22 heavy (non-hydrogen) atoms. The Bertz CT molecular complexity index is 669. The van der Waals surface area contributed by atoms with Gasteiger partial charge in [-0.2, -0.15) is 0 Å². The van der Waals surface area contributed by atoms with Crippen LogP contribution in [0.5, 0.6) is 5.75 Å². The van der Waals surface area contributed by atoms with Crippen LogP contribution in [0, 0.1) is 0 Å². The minimum atomic E-state index is -0.185. The predicted molar refractivity (Wildman–Crippen MR) is 86.6 cm³/mol. The Kier molecular flexibility index (Phi) is 5.14. The van der Waals surface area contributed by atoms with Gasteiger partial charge in [0.25, 0.3) is 5.91 Å². The van der Waals surface area contributed by atoms with Gasteiger partial charge in [-0.05, 0) is 48.4 Å². The van der Waals surface area contributed by atoms with Gasteiger partial charge in [0, 0.05) is 24.5 Å². The molecule has 0 saturated heterocycles. The molecule has 5 nitrogen and oxygen atoms in total. The lowest BCUT2D eigenvalue weighted by Crippen LogP contribution is -2.22. The maximum absolute atomic E-state index is 12.1. The average molecular weight is 297 g/mol. The van der Waals surface area contributed by atoms with E-state index in [0.29, 0.717) is 30.2 Å². The summed E-state index contributed by atoms with van der Waals surface area (Å²) in [5.41, 5.74) is 8.72. The molecule has 1 amide bonds. The molecule has 0 aliphatic heterocycles. The lowest BCUT2D eigenvalue weighted by molar-refractivity contribution is 0.0951. The van der Waals surface area contributed by atoms with Crippen LogP contribution in [-0.4, -0.2) is 17.5 Å². The first kappa shape index (κ1) is 15.6. The van der Waals surface area contributed by atoms with Crippen molar-refractivity contribution in [1.82, 2.24) is 10.3 Å². The molecule has 0 fully saturated rings. The summed E-state index contributed by atoms with van der Waals surface area (Å²) < 4.78 is 5.50. The van der Waals surface area contributed by atoms with E-state index in [1.165, 1.54) is 0 Å². The minimum absolute atomic E-state index is 0.185. The standard InChI is InChI=1S/C17H19N3O2/c1-12(2)11-22-16-4-3-14(9-15(16)18)17(21)20-10-13-5-7-19-8-6-13/h3-9H,1,10-11,18H2,2H3,(H,20,21). The van der Waals surface area contributed by atoms with Crippen molar-refractivity contribution in [1.29, 1.82) is 0 Å². The molecule has 0 aliphatic rings. The van der Waals surface area contributed by atoms with Crippen molar-refractivity contribution >= 4 is 11.6 Å². The topological polar surface area (TPSA) is 77.2 Å². The molecular weight excluding hydrogens is 278 g/mol. The largest absolute Gasteiger partial charge is 0.487 e. The number of anilines is 1. The van der Waals surface area contributed by atoms with E-state index in [9.17, 15) is 4.79 Å². The molecule has 0 bridgehead atoms. The van der Waals surface area contributed by atoms with Crippen LogP contribution in [0.25, 0.3) is 0 Å². The first-order chi connectivity index (χ1) is 10.6. The molecule has 2 aromatic rings. The summed E-state index contributed by atoms with van der Waals surface area (Å²) in [5.74, 6) is 0.364. The maximum atomic E-state index is 12.1. The Labute approximate surface area is 129 Å². The molecule has 3 N–H and O–H groups in total. The summed E-state index contributed by atoms with van der Waals surface area (Å²) in [6.07, 6.45) is 3.38. The van der Waals surface area contributed by atoms with E-state index >= 15 is 0 Å². The van der Waals surface area contributed by atoms with Gasteiger partial charge in [0.15, 0.2) is 0 Å². The number of benzene rings is 1. The Morgan fingerprint density at radius 1 is 1.32 bits per heavy atom. The van der Waals surface area contributed by atoms with E-state index in [1.54, 1.807) is 30.6 Å². The summed E-state index contributed by atoms with van der Waals surface area (Å²) in [6.45, 7) is 6.48. The highest BCUT2D eigenvalue weighted by Crippen LogP contribution is 2.23. The third-order valence-corrected chi connectivity index (χ3v) is 2.95. The maximum Gasteiger partial charge on any atom is 0.251 e. The lowest BCUT2D eigenvalue weighted by Gasteiger charge is -2.10. The quantitative estimate of drug-likeness (QED) is 0.634. The number of aromatic nitrogens is 1. The fourth-order valence-electron chi connectivity index (χ4n) is 1.81. The molecule has 0 saturated carbocycles. The van der Waals surface area contributed by atoms with Gasteiger partial charge >= 0.3 is 0 Å². The lowest BCUT2D eigenvalue weighted by atomic mass is 10.1. The van der Waals surface area contributed by atoms with Crippen molar-refractivity contribution in [2.24, 2.45) is 0 Å². The van der Waals surface area contributed by atoms with Crippen molar-refractivity contribution in [3.8, 4) is 5.75 Å². The third kappa shape index (κ3) is 4.34. The first-order valence-electron chi connectivity index (χ1n) is 6.90. The number of nitrogens with one attached hydrogen (secondary N) is 1. The Morgan fingerprint density at radius 3 is 2.68 bits per heavy atom. The number of hydrogen-bond acceptors (Lipinski definition) is 4. The Hall–Kier alpha value is -2.82. The van der Waals surface area contributed by atoms with Gasteiger partial charge in [-0.25, -0.2) is 0 Å². The molecule has 0 radical (unpaired) electrons. The van der Waals surface area contributed by atoms with Crippen molar-refractivity contribution in [3.63, 3.8) is 0 Å². The number of carbonyl (C=O) groups excluding carboxylic acids is 1. The SMILES string of the molecule is C=C(C)COc1ccc(C(=O)NCc2ccncc2)cc1N. The molecule has 1 heterocycles. The number of carbonyl (C=O) groups is 1. The second-order valence-electron chi connectivity index (χ2n) is 5.04. The van der Waals surface area contributed by atoms with Crippen LogP contribution < -0.4 is 15.8 Å². The molecule has 114 valence electrons. The minimum Gasteiger partial charge on any atom is -0.487 e. The molecule has 5 heteroatoms. The zero-order valence-electron chi connectivity index (χ0n) is 12.5. The van der Waals surface area contributed by atoms with Crippen LogP contribution in [0.1, 0.15) is 22.8 Å². The van der Waals surface area contributed by atoms with Crippen molar-refractivity contribution in [2.45, 2.75) is 13.5 Å². The van der Waals surface area contributed by atoms with Gasteiger partial charge in [0.2, 0.25) is 0 Å².